The Kier molecular flexibility index (Phi) is 7.08. The Balaban J connectivity index is 1.31. The van der Waals surface area contributed by atoms with Gasteiger partial charge >= 0.3 is 0 Å². The number of likely N-dealkylation sites (tertiary alicyclic amines) is 1. The minimum atomic E-state index is -0.00408. The predicted molar refractivity (Wildman–Crippen MR) is 128 cm³/mol. The molecule has 1 amide bonds. The molecule has 1 heterocycles. The van der Waals surface area contributed by atoms with Crippen LogP contribution in [0.15, 0.2) is 54.6 Å². The van der Waals surface area contributed by atoms with E-state index in [1.165, 1.54) is 21.9 Å². The number of nitrogens with one attached hydrogen (secondary N) is 1. The lowest BCUT2D eigenvalue weighted by Crippen LogP contribution is -2.44. The lowest BCUT2D eigenvalue weighted by molar-refractivity contribution is 0.0909. The number of benzene rings is 3. The Morgan fingerprint density at radius 3 is 2.38 bits per heavy atom. The van der Waals surface area contributed by atoms with E-state index in [1.807, 2.05) is 25.1 Å². The van der Waals surface area contributed by atoms with Crippen LogP contribution in [0.1, 0.15) is 39.9 Å². The number of aryl methyl sites for hydroxylation is 1. The van der Waals surface area contributed by atoms with Gasteiger partial charge in [0.1, 0.15) is 5.75 Å². The van der Waals surface area contributed by atoms with Crippen LogP contribution in [0, 0.1) is 6.92 Å². The average molecular weight is 433 g/mol. The van der Waals surface area contributed by atoms with Gasteiger partial charge in [-0.1, -0.05) is 24.3 Å². The van der Waals surface area contributed by atoms with Crippen molar-refractivity contribution in [3.8, 4) is 5.75 Å². The summed E-state index contributed by atoms with van der Waals surface area (Å²) in [7, 11) is 3.37. The molecule has 0 atom stereocenters. The number of carbonyl (C=O) groups is 1. The quantitative estimate of drug-likeness (QED) is 0.588. The Bertz CT molecular complexity index is 1090. The molecule has 0 aliphatic carbocycles. The van der Waals surface area contributed by atoms with Crippen LogP contribution in [0.3, 0.4) is 0 Å². The zero-order chi connectivity index (χ0) is 22.5. The molecule has 1 aliphatic heterocycles. The third-order valence-corrected chi connectivity index (χ3v) is 6.27. The van der Waals surface area contributed by atoms with Crippen LogP contribution in [-0.2, 0) is 17.9 Å². The molecule has 5 nitrogen and oxygen atoms in total. The summed E-state index contributed by atoms with van der Waals surface area (Å²) in [5, 5.41) is 5.72. The van der Waals surface area contributed by atoms with E-state index in [9.17, 15) is 4.79 Å². The van der Waals surface area contributed by atoms with Gasteiger partial charge in [0.15, 0.2) is 0 Å². The van der Waals surface area contributed by atoms with Crippen LogP contribution in [0.5, 0.6) is 5.75 Å². The Morgan fingerprint density at radius 1 is 0.969 bits per heavy atom. The van der Waals surface area contributed by atoms with Crippen molar-refractivity contribution in [2.24, 2.45) is 0 Å². The Labute approximate surface area is 190 Å². The lowest BCUT2D eigenvalue weighted by Gasteiger charge is -2.32. The summed E-state index contributed by atoms with van der Waals surface area (Å²) >= 11 is 0. The van der Waals surface area contributed by atoms with E-state index >= 15 is 0 Å². The van der Waals surface area contributed by atoms with E-state index in [4.69, 9.17) is 9.47 Å². The molecule has 0 bridgehead atoms. The molecule has 168 valence electrons. The maximum Gasteiger partial charge on any atom is 0.251 e. The number of methoxy groups -OCH3 is 2. The van der Waals surface area contributed by atoms with Gasteiger partial charge in [-0.15, -0.1) is 0 Å². The van der Waals surface area contributed by atoms with Gasteiger partial charge < -0.3 is 14.8 Å². The van der Waals surface area contributed by atoms with Crippen molar-refractivity contribution in [3.63, 3.8) is 0 Å². The number of nitrogens with zero attached hydrogens (tertiary/aromatic N) is 1. The number of amides is 1. The second-order valence-electron chi connectivity index (χ2n) is 8.66. The van der Waals surface area contributed by atoms with E-state index in [0.717, 1.165) is 43.8 Å². The van der Waals surface area contributed by atoms with Crippen molar-refractivity contribution in [3.05, 3.63) is 76.9 Å². The van der Waals surface area contributed by atoms with Gasteiger partial charge in [-0.2, -0.15) is 0 Å². The van der Waals surface area contributed by atoms with Crippen molar-refractivity contribution in [2.45, 2.75) is 39.0 Å². The number of carbonyl (C=O) groups excluding carboxylic acids is 1. The summed E-state index contributed by atoms with van der Waals surface area (Å²) in [6.07, 6.45) is 1.93. The first-order valence-electron chi connectivity index (χ1n) is 11.2. The maximum atomic E-state index is 12.7. The molecule has 0 spiro atoms. The van der Waals surface area contributed by atoms with Gasteiger partial charge in [-0.3, -0.25) is 9.69 Å². The highest BCUT2D eigenvalue weighted by atomic mass is 16.5. The van der Waals surface area contributed by atoms with Crippen LogP contribution < -0.4 is 10.1 Å². The molecule has 0 saturated carbocycles. The minimum Gasteiger partial charge on any atom is -0.496 e. The summed E-state index contributed by atoms with van der Waals surface area (Å²) in [4.78, 5) is 15.1. The number of hydrogen-bond acceptors (Lipinski definition) is 4. The summed E-state index contributed by atoms with van der Waals surface area (Å²) < 4.78 is 10.6. The van der Waals surface area contributed by atoms with Crippen molar-refractivity contribution >= 4 is 16.7 Å². The van der Waals surface area contributed by atoms with E-state index in [2.05, 4.69) is 46.6 Å². The third kappa shape index (κ3) is 5.29. The van der Waals surface area contributed by atoms with E-state index < -0.39 is 0 Å². The summed E-state index contributed by atoms with van der Waals surface area (Å²) in [6.45, 7) is 5.49. The van der Waals surface area contributed by atoms with Gasteiger partial charge in [0.2, 0.25) is 0 Å². The van der Waals surface area contributed by atoms with Crippen LogP contribution in [-0.4, -0.2) is 44.2 Å². The predicted octanol–water partition coefficient (Wildman–Crippen LogP) is 4.70. The molecule has 1 N–H and O–H groups in total. The summed E-state index contributed by atoms with van der Waals surface area (Å²) in [5.74, 6) is 0.800. The van der Waals surface area contributed by atoms with Crippen molar-refractivity contribution in [1.82, 2.24) is 10.2 Å². The van der Waals surface area contributed by atoms with Crippen LogP contribution in [0.25, 0.3) is 10.8 Å². The number of piperidine rings is 1. The zero-order valence-corrected chi connectivity index (χ0v) is 19.2. The van der Waals surface area contributed by atoms with Crippen LogP contribution in [0.4, 0.5) is 0 Å². The van der Waals surface area contributed by atoms with Crippen molar-refractivity contribution in [1.29, 1.82) is 0 Å². The van der Waals surface area contributed by atoms with Gasteiger partial charge in [0.25, 0.3) is 5.91 Å². The third-order valence-electron chi connectivity index (χ3n) is 6.27. The summed E-state index contributed by atoms with van der Waals surface area (Å²) in [6, 6.07) is 19.0. The van der Waals surface area contributed by atoms with E-state index in [1.54, 1.807) is 14.2 Å². The highest BCUT2D eigenvalue weighted by molar-refractivity contribution is 5.94. The normalized spacial score (nSPS) is 15.1. The largest absolute Gasteiger partial charge is 0.496 e. The first-order chi connectivity index (χ1) is 15.6. The molecule has 3 aromatic carbocycles. The van der Waals surface area contributed by atoms with Gasteiger partial charge in [-0.05, 0) is 77.6 Å². The number of rotatable bonds is 7. The molecular weight excluding hydrogens is 400 g/mol. The fourth-order valence-electron chi connectivity index (χ4n) is 4.48. The first kappa shape index (κ1) is 22.3. The molecule has 3 aromatic rings. The van der Waals surface area contributed by atoms with Gasteiger partial charge in [-0.25, -0.2) is 0 Å². The number of fused-ring (bicyclic) bond motifs is 1. The fraction of sp³-hybridized carbons (Fsp3) is 0.370. The fourth-order valence-corrected chi connectivity index (χ4v) is 4.48. The van der Waals surface area contributed by atoms with Crippen molar-refractivity contribution < 1.29 is 14.3 Å². The van der Waals surface area contributed by atoms with Gasteiger partial charge in [0, 0.05) is 38.3 Å². The second-order valence-corrected chi connectivity index (χ2v) is 8.66. The van der Waals surface area contributed by atoms with Crippen LogP contribution in [0.2, 0.25) is 0 Å². The maximum absolute atomic E-state index is 12.7. The SMILES string of the molecule is COCc1ccc2ccc(CN3CCC(NC(=O)c4ccc(OC)c(C)c4)CC3)cc2c1. The highest BCUT2D eigenvalue weighted by Crippen LogP contribution is 2.22. The van der Waals surface area contributed by atoms with Crippen LogP contribution >= 0.6 is 0 Å². The smallest absolute Gasteiger partial charge is 0.251 e. The molecule has 32 heavy (non-hydrogen) atoms. The topological polar surface area (TPSA) is 50.8 Å². The first-order valence-corrected chi connectivity index (χ1v) is 11.2. The molecular formula is C27H32N2O3. The minimum absolute atomic E-state index is 0.00408. The molecule has 1 fully saturated rings. The van der Waals surface area contributed by atoms with Crippen molar-refractivity contribution in [2.75, 3.05) is 27.3 Å². The lowest BCUT2D eigenvalue weighted by atomic mass is 10.0. The Hall–Kier alpha value is -2.89. The zero-order valence-electron chi connectivity index (χ0n) is 19.2. The number of ether oxygens (including phenoxy) is 2. The molecule has 0 unspecified atom stereocenters. The second kappa shape index (κ2) is 10.2. The molecule has 4 rings (SSSR count). The highest BCUT2D eigenvalue weighted by Gasteiger charge is 2.21. The molecule has 5 heteroatoms. The number of hydrogen-bond donors (Lipinski definition) is 1. The van der Waals surface area contributed by atoms with Gasteiger partial charge in [0.05, 0.1) is 13.7 Å². The van der Waals surface area contributed by atoms with E-state index in [-0.39, 0.29) is 11.9 Å². The summed E-state index contributed by atoms with van der Waals surface area (Å²) in [5.41, 5.74) is 4.18. The molecule has 0 radical (unpaired) electrons. The molecule has 1 saturated heterocycles. The monoisotopic (exact) mass is 432 g/mol. The molecule has 0 aromatic heterocycles. The molecule has 1 aliphatic rings. The standard InChI is InChI=1S/C27H32N2O3/c1-19-14-23(8-9-26(19)32-3)27(30)28-25-10-12-29(13-11-25)17-20-4-6-22-7-5-21(18-31-2)16-24(22)15-20/h4-9,14-16,25H,10-13,17-18H2,1-3H3,(H,28,30). The van der Waals surface area contributed by atoms with E-state index in [0.29, 0.717) is 12.2 Å². The Morgan fingerprint density at radius 2 is 1.69 bits per heavy atom. The average Bonchev–Trinajstić information content (AvgIpc) is 2.80.